The molecular weight excluding hydrogens is 300 g/mol. The van der Waals surface area contributed by atoms with Crippen LogP contribution in [0, 0.1) is 6.92 Å². The summed E-state index contributed by atoms with van der Waals surface area (Å²) in [4.78, 5) is 27.5. The van der Waals surface area contributed by atoms with E-state index in [0.717, 1.165) is 10.2 Å². The second kappa shape index (κ2) is 5.57. The van der Waals surface area contributed by atoms with E-state index in [1.165, 1.54) is 4.68 Å². The van der Waals surface area contributed by atoms with Gasteiger partial charge in [0.05, 0.1) is 0 Å². The summed E-state index contributed by atoms with van der Waals surface area (Å²) in [5, 5.41) is 7.34. The first kappa shape index (κ1) is 14.8. The zero-order valence-corrected chi connectivity index (χ0v) is 13.7. The van der Waals surface area contributed by atoms with Crippen molar-refractivity contribution >= 4 is 33.0 Å². The number of hydrogen-bond acceptors (Lipinski definition) is 4. The van der Waals surface area contributed by atoms with Gasteiger partial charge in [-0.05, 0) is 38.3 Å². The average Bonchev–Trinajstić information content (AvgIpc) is 3.06. The van der Waals surface area contributed by atoms with Crippen LogP contribution < -0.4 is 5.56 Å². The second-order valence-electron chi connectivity index (χ2n) is 5.12. The highest BCUT2D eigenvalue weighted by atomic mass is 32.1. The van der Waals surface area contributed by atoms with Crippen LogP contribution in [-0.4, -0.2) is 38.1 Å². The van der Waals surface area contributed by atoms with Crippen molar-refractivity contribution in [2.75, 3.05) is 13.1 Å². The minimum absolute atomic E-state index is 0.0172. The van der Waals surface area contributed by atoms with Gasteiger partial charge in [0.1, 0.15) is 22.7 Å². The summed E-state index contributed by atoms with van der Waals surface area (Å²) in [6, 6.07) is 3.85. The van der Waals surface area contributed by atoms with Crippen LogP contribution in [0.5, 0.6) is 0 Å². The summed E-state index contributed by atoms with van der Waals surface area (Å²) >= 11 is 1.58. The molecule has 0 aliphatic heterocycles. The van der Waals surface area contributed by atoms with Crippen LogP contribution in [0.15, 0.2) is 22.3 Å². The Bertz CT molecular complexity index is 901. The number of rotatable bonds is 4. The topological polar surface area (TPSA) is 59.6 Å². The van der Waals surface area contributed by atoms with Crippen LogP contribution >= 0.6 is 11.3 Å². The molecule has 0 radical (unpaired) electrons. The molecule has 0 aromatic carbocycles. The first-order chi connectivity index (χ1) is 10.6. The fourth-order valence-electron chi connectivity index (χ4n) is 2.71. The van der Waals surface area contributed by atoms with Crippen molar-refractivity contribution in [1.82, 2.24) is 19.1 Å². The van der Waals surface area contributed by atoms with Crippen molar-refractivity contribution in [2.45, 2.75) is 27.3 Å². The number of likely N-dealkylation sites (N-methyl/N-ethyl adjacent to an activating group) is 1. The molecule has 0 unspecified atom stereocenters. The SMILES string of the molecule is CCN(CC)C(=O)Cn1nc(C)n2c(cc3ccsc32)c1=O. The number of fused-ring (bicyclic) bond motifs is 3. The lowest BCUT2D eigenvalue weighted by molar-refractivity contribution is -0.131. The van der Waals surface area contributed by atoms with E-state index in [4.69, 9.17) is 0 Å². The molecule has 0 fully saturated rings. The number of aryl methyl sites for hydroxylation is 1. The third-order valence-corrected chi connectivity index (χ3v) is 4.77. The van der Waals surface area contributed by atoms with Crippen LogP contribution in [-0.2, 0) is 11.3 Å². The highest BCUT2D eigenvalue weighted by Crippen LogP contribution is 2.24. The quantitative estimate of drug-likeness (QED) is 0.738. The molecule has 1 amide bonds. The summed E-state index contributed by atoms with van der Waals surface area (Å²) in [6.07, 6.45) is 0. The highest BCUT2D eigenvalue weighted by Gasteiger charge is 2.16. The van der Waals surface area contributed by atoms with E-state index in [0.29, 0.717) is 24.4 Å². The van der Waals surface area contributed by atoms with Crippen LogP contribution in [0.1, 0.15) is 19.7 Å². The number of aromatic nitrogens is 3. The van der Waals surface area contributed by atoms with Gasteiger partial charge in [-0.15, -0.1) is 11.3 Å². The van der Waals surface area contributed by atoms with Crippen molar-refractivity contribution < 1.29 is 4.79 Å². The second-order valence-corrected chi connectivity index (χ2v) is 6.02. The first-order valence-electron chi connectivity index (χ1n) is 7.31. The largest absolute Gasteiger partial charge is 0.342 e. The third-order valence-electron chi connectivity index (χ3n) is 3.85. The Morgan fingerprint density at radius 2 is 2.09 bits per heavy atom. The molecule has 22 heavy (non-hydrogen) atoms. The van der Waals surface area contributed by atoms with Gasteiger partial charge in [-0.1, -0.05) is 0 Å². The molecule has 0 bridgehead atoms. The number of thiophene rings is 1. The number of amides is 1. The Morgan fingerprint density at radius 3 is 2.77 bits per heavy atom. The summed E-state index contributed by atoms with van der Waals surface area (Å²) in [7, 11) is 0. The molecule has 3 rings (SSSR count). The molecule has 6 nitrogen and oxygen atoms in total. The number of carbonyl (C=O) groups excluding carboxylic acids is 1. The van der Waals surface area contributed by atoms with Crippen LogP contribution in [0.2, 0.25) is 0 Å². The molecule has 3 heterocycles. The van der Waals surface area contributed by atoms with Crippen molar-refractivity contribution in [2.24, 2.45) is 0 Å². The molecule has 3 aromatic rings. The van der Waals surface area contributed by atoms with Gasteiger partial charge in [-0.2, -0.15) is 5.10 Å². The van der Waals surface area contributed by atoms with Crippen molar-refractivity contribution in [1.29, 1.82) is 0 Å². The van der Waals surface area contributed by atoms with Crippen LogP contribution in [0.4, 0.5) is 0 Å². The maximum Gasteiger partial charge on any atom is 0.291 e. The predicted octanol–water partition coefficient (Wildman–Crippen LogP) is 1.89. The molecule has 0 aliphatic rings. The molecule has 0 aliphatic carbocycles. The average molecular weight is 318 g/mol. The van der Waals surface area contributed by atoms with Gasteiger partial charge in [0.2, 0.25) is 5.91 Å². The van der Waals surface area contributed by atoms with Crippen molar-refractivity contribution in [3.8, 4) is 0 Å². The molecular formula is C15H18N4O2S. The zero-order chi connectivity index (χ0) is 15.9. The number of hydrogen-bond donors (Lipinski definition) is 0. The Morgan fingerprint density at radius 1 is 1.36 bits per heavy atom. The third kappa shape index (κ3) is 2.21. The lowest BCUT2D eigenvalue weighted by Crippen LogP contribution is -2.37. The van der Waals surface area contributed by atoms with Crippen LogP contribution in [0.3, 0.4) is 0 Å². The lowest BCUT2D eigenvalue weighted by atomic mass is 10.4. The molecule has 0 spiro atoms. The van der Waals surface area contributed by atoms with Gasteiger partial charge in [0.15, 0.2) is 0 Å². The van der Waals surface area contributed by atoms with Gasteiger partial charge in [-0.3, -0.25) is 14.0 Å². The minimum Gasteiger partial charge on any atom is -0.342 e. The van der Waals surface area contributed by atoms with Crippen molar-refractivity contribution in [3.63, 3.8) is 0 Å². The molecule has 0 saturated heterocycles. The summed E-state index contributed by atoms with van der Waals surface area (Å²) in [5.41, 5.74) is 0.344. The molecule has 0 atom stereocenters. The van der Waals surface area contributed by atoms with E-state index >= 15 is 0 Å². The van der Waals surface area contributed by atoms with E-state index in [1.807, 2.05) is 42.7 Å². The Balaban J connectivity index is 2.10. The molecule has 7 heteroatoms. The zero-order valence-electron chi connectivity index (χ0n) is 12.9. The Labute approximate surface area is 131 Å². The van der Waals surface area contributed by atoms with Gasteiger partial charge < -0.3 is 4.90 Å². The van der Waals surface area contributed by atoms with E-state index < -0.39 is 0 Å². The normalized spacial score (nSPS) is 11.4. The van der Waals surface area contributed by atoms with Gasteiger partial charge in [0.25, 0.3) is 5.56 Å². The monoisotopic (exact) mass is 318 g/mol. The summed E-state index contributed by atoms with van der Waals surface area (Å²) < 4.78 is 3.13. The van der Waals surface area contributed by atoms with E-state index in [9.17, 15) is 9.59 Å². The standard InChI is InChI=1S/C15H18N4O2S/c1-4-17(5-2)13(20)9-18-14(21)12-8-11-6-7-22-15(11)19(12)10(3)16-18/h6-8H,4-5,9H2,1-3H3. The maximum absolute atomic E-state index is 12.6. The number of nitrogens with zero attached hydrogens (tertiary/aromatic N) is 4. The van der Waals surface area contributed by atoms with E-state index in [1.54, 1.807) is 16.2 Å². The maximum atomic E-state index is 12.6. The summed E-state index contributed by atoms with van der Waals surface area (Å²) in [5.74, 6) is 0.621. The first-order valence-corrected chi connectivity index (χ1v) is 8.19. The minimum atomic E-state index is -0.227. The fourth-order valence-corrected chi connectivity index (χ4v) is 3.65. The molecule has 0 N–H and O–H groups in total. The lowest BCUT2D eigenvalue weighted by Gasteiger charge is -2.18. The number of carbonyl (C=O) groups is 1. The van der Waals surface area contributed by atoms with Gasteiger partial charge in [-0.25, -0.2) is 4.68 Å². The fraction of sp³-hybridized carbons (Fsp3) is 0.400. The molecule has 116 valence electrons. The highest BCUT2D eigenvalue weighted by molar-refractivity contribution is 7.16. The van der Waals surface area contributed by atoms with E-state index in [2.05, 4.69) is 5.10 Å². The van der Waals surface area contributed by atoms with Gasteiger partial charge in [0, 0.05) is 18.5 Å². The smallest absolute Gasteiger partial charge is 0.291 e. The van der Waals surface area contributed by atoms with E-state index in [-0.39, 0.29) is 18.0 Å². The molecule has 0 saturated carbocycles. The molecule has 3 aromatic heterocycles. The predicted molar refractivity (Wildman–Crippen MR) is 87.5 cm³/mol. The Kier molecular flexibility index (Phi) is 3.74. The van der Waals surface area contributed by atoms with Crippen LogP contribution in [0.25, 0.3) is 15.7 Å². The van der Waals surface area contributed by atoms with Crippen molar-refractivity contribution in [3.05, 3.63) is 33.7 Å². The Hall–Kier alpha value is -2.15. The summed E-state index contributed by atoms with van der Waals surface area (Å²) in [6.45, 7) is 6.94. The van der Waals surface area contributed by atoms with Gasteiger partial charge >= 0.3 is 0 Å².